The minimum absolute atomic E-state index is 0.106. The van der Waals surface area contributed by atoms with Gasteiger partial charge in [-0.05, 0) is 32.4 Å². The van der Waals surface area contributed by atoms with Gasteiger partial charge in [0.05, 0.1) is 5.41 Å². The summed E-state index contributed by atoms with van der Waals surface area (Å²) in [6.07, 6.45) is 0. The molecule has 0 aromatic heterocycles. The van der Waals surface area contributed by atoms with Crippen LogP contribution in [0.5, 0.6) is 0 Å². The molecule has 15 heavy (non-hydrogen) atoms. The van der Waals surface area contributed by atoms with Crippen LogP contribution >= 0.6 is 0 Å². The summed E-state index contributed by atoms with van der Waals surface area (Å²) in [6, 6.07) is 3.92. The number of rotatable bonds is 0. The molecular weight excluding hydrogens is 185 g/mol. The minimum atomic E-state index is -0.500. The van der Waals surface area contributed by atoms with Gasteiger partial charge < -0.3 is 4.90 Å². The summed E-state index contributed by atoms with van der Waals surface area (Å²) < 4.78 is 0. The molecule has 0 atom stereocenters. The van der Waals surface area contributed by atoms with Gasteiger partial charge in [-0.25, -0.2) is 0 Å². The highest BCUT2D eigenvalue weighted by molar-refractivity contribution is 6.36. The second-order valence-corrected chi connectivity index (χ2v) is 4.68. The second-order valence-electron chi connectivity index (χ2n) is 4.68. The maximum atomic E-state index is 12.0. The molecule has 1 amide bonds. The maximum absolute atomic E-state index is 12.0. The lowest BCUT2D eigenvalue weighted by atomic mass is 9.75. The van der Waals surface area contributed by atoms with Gasteiger partial charge in [-0.1, -0.05) is 17.1 Å². The minimum Gasteiger partial charge on any atom is -0.314 e. The van der Waals surface area contributed by atoms with Crippen molar-refractivity contribution in [2.24, 2.45) is 0 Å². The third kappa shape index (κ3) is 1.15. The first-order valence-electron chi connectivity index (χ1n) is 5.05. The van der Waals surface area contributed by atoms with Gasteiger partial charge in [0.2, 0.25) is 5.91 Å². The highest BCUT2D eigenvalue weighted by atomic mass is 16.2. The van der Waals surface area contributed by atoms with Crippen molar-refractivity contribution in [3.63, 3.8) is 0 Å². The monoisotopic (exact) mass is 199 g/mol. The molecule has 0 saturated carbocycles. The molecule has 0 N–H and O–H groups in total. The summed E-state index contributed by atoms with van der Waals surface area (Å²) in [5.41, 5.74) is 3.18. The summed E-state index contributed by atoms with van der Waals surface area (Å²) in [4.78, 5) is 13.7. The van der Waals surface area contributed by atoms with E-state index in [0.717, 1.165) is 22.3 Å². The van der Waals surface area contributed by atoms with Gasteiger partial charge in [-0.15, -0.1) is 0 Å². The molecule has 2 radical (unpaired) electrons. The van der Waals surface area contributed by atoms with E-state index in [4.69, 9.17) is 7.85 Å². The normalized spacial score (nSPS) is 18.1. The molecule has 2 nitrogen and oxygen atoms in total. The molecule has 1 aliphatic heterocycles. The van der Waals surface area contributed by atoms with Crippen molar-refractivity contribution < 1.29 is 4.79 Å². The van der Waals surface area contributed by atoms with Crippen molar-refractivity contribution in [3.8, 4) is 0 Å². The van der Waals surface area contributed by atoms with Crippen LogP contribution in [0.15, 0.2) is 12.1 Å². The summed E-state index contributed by atoms with van der Waals surface area (Å²) in [5.74, 6) is 0.106. The molecule has 1 aliphatic rings. The first-order valence-corrected chi connectivity index (χ1v) is 5.05. The average molecular weight is 199 g/mol. The van der Waals surface area contributed by atoms with E-state index in [9.17, 15) is 4.79 Å². The fourth-order valence-corrected chi connectivity index (χ4v) is 2.28. The molecule has 0 unspecified atom stereocenters. The van der Waals surface area contributed by atoms with Crippen LogP contribution in [0, 0.1) is 6.92 Å². The molecule has 1 aromatic rings. The van der Waals surface area contributed by atoms with Gasteiger partial charge in [0.1, 0.15) is 7.85 Å². The van der Waals surface area contributed by atoms with Gasteiger partial charge in [0, 0.05) is 12.7 Å². The second kappa shape index (κ2) is 2.88. The fourth-order valence-electron chi connectivity index (χ4n) is 2.28. The molecule has 1 aromatic carbocycles. The number of amides is 1. The topological polar surface area (TPSA) is 20.3 Å². The zero-order valence-electron chi connectivity index (χ0n) is 9.59. The number of hydrogen-bond acceptors (Lipinski definition) is 1. The molecule has 76 valence electrons. The quantitative estimate of drug-likeness (QED) is 0.571. The molecule has 0 fully saturated rings. The molecule has 0 saturated heterocycles. The largest absolute Gasteiger partial charge is 0.314 e. The number of hydrogen-bond donors (Lipinski definition) is 0. The number of aryl methyl sites for hydroxylation is 1. The molecule has 2 rings (SSSR count). The third-order valence-corrected chi connectivity index (χ3v) is 3.27. The van der Waals surface area contributed by atoms with E-state index in [2.05, 4.69) is 0 Å². The van der Waals surface area contributed by atoms with Crippen molar-refractivity contribution in [1.29, 1.82) is 0 Å². The Labute approximate surface area is 91.7 Å². The smallest absolute Gasteiger partial charge is 0.236 e. The fraction of sp³-hybridized carbons (Fsp3) is 0.417. The van der Waals surface area contributed by atoms with E-state index in [-0.39, 0.29) is 5.91 Å². The predicted molar refractivity (Wildman–Crippen MR) is 63.0 cm³/mol. The number of fused-ring (bicyclic) bond motifs is 1. The molecule has 3 heteroatoms. The highest BCUT2D eigenvalue weighted by Crippen LogP contribution is 2.39. The molecule has 0 aliphatic carbocycles. The van der Waals surface area contributed by atoms with Crippen LogP contribution in [-0.2, 0) is 10.2 Å². The summed E-state index contributed by atoms with van der Waals surface area (Å²) in [5, 5.41) is 0. The van der Waals surface area contributed by atoms with E-state index in [1.54, 1.807) is 11.9 Å². The van der Waals surface area contributed by atoms with Crippen LogP contribution in [0.4, 0.5) is 5.69 Å². The lowest BCUT2D eigenvalue weighted by Gasteiger charge is -2.19. The van der Waals surface area contributed by atoms with Gasteiger partial charge in [-0.3, -0.25) is 4.79 Å². The highest BCUT2D eigenvalue weighted by Gasteiger charge is 2.42. The molecule has 0 bridgehead atoms. The van der Waals surface area contributed by atoms with Crippen LogP contribution in [0.1, 0.15) is 25.0 Å². The van der Waals surface area contributed by atoms with Crippen molar-refractivity contribution in [1.82, 2.24) is 0 Å². The van der Waals surface area contributed by atoms with E-state index in [1.807, 2.05) is 32.9 Å². The van der Waals surface area contributed by atoms with Crippen LogP contribution in [0.2, 0.25) is 0 Å². The Hall–Kier alpha value is -1.25. The lowest BCUT2D eigenvalue weighted by molar-refractivity contribution is -0.121. The van der Waals surface area contributed by atoms with Crippen LogP contribution in [-0.4, -0.2) is 20.8 Å². The summed E-state index contributed by atoms with van der Waals surface area (Å²) in [7, 11) is 7.85. The van der Waals surface area contributed by atoms with Crippen LogP contribution < -0.4 is 10.4 Å². The first kappa shape index (κ1) is 10.3. The lowest BCUT2D eigenvalue weighted by Crippen LogP contribution is -2.35. The number of nitrogens with zero attached hydrogens (tertiary/aromatic N) is 1. The van der Waals surface area contributed by atoms with E-state index >= 15 is 0 Å². The van der Waals surface area contributed by atoms with E-state index < -0.39 is 5.41 Å². The standard InChI is InChI=1S/C12H14BNO/c1-7-5-6-8-9(10(7)13)12(2,3)11(15)14(8)4/h5-6H,1-4H3. The van der Waals surface area contributed by atoms with Crippen molar-refractivity contribution >= 4 is 24.9 Å². The Balaban J connectivity index is 2.79. The summed E-state index contributed by atoms with van der Waals surface area (Å²) >= 11 is 0. The summed E-state index contributed by atoms with van der Waals surface area (Å²) in [6.45, 7) is 5.81. The average Bonchev–Trinajstić information content (AvgIpc) is 2.34. The van der Waals surface area contributed by atoms with Gasteiger partial charge in [0.25, 0.3) is 0 Å². The van der Waals surface area contributed by atoms with Gasteiger partial charge >= 0.3 is 0 Å². The van der Waals surface area contributed by atoms with Crippen molar-refractivity contribution in [2.45, 2.75) is 26.2 Å². The Morgan fingerprint density at radius 1 is 1.33 bits per heavy atom. The zero-order valence-corrected chi connectivity index (χ0v) is 9.59. The number of benzene rings is 1. The SMILES string of the molecule is [B]c1c(C)ccc2c1C(C)(C)C(=O)N2C. The zero-order chi connectivity index (χ0) is 11.4. The van der Waals surface area contributed by atoms with E-state index in [1.165, 1.54) is 0 Å². The van der Waals surface area contributed by atoms with Crippen LogP contribution in [0.3, 0.4) is 0 Å². The Morgan fingerprint density at radius 2 is 1.93 bits per heavy atom. The van der Waals surface area contributed by atoms with Crippen molar-refractivity contribution in [3.05, 3.63) is 23.3 Å². The van der Waals surface area contributed by atoms with Crippen molar-refractivity contribution in [2.75, 3.05) is 11.9 Å². The third-order valence-electron chi connectivity index (χ3n) is 3.27. The first-order chi connectivity index (χ1) is 6.87. The number of carbonyl (C=O) groups excluding carboxylic acids is 1. The number of likely N-dealkylation sites (N-methyl/N-ethyl adjacent to an activating group) is 1. The van der Waals surface area contributed by atoms with E-state index in [0.29, 0.717) is 0 Å². The molecular formula is C12H14BNO. The molecule has 1 heterocycles. The van der Waals surface area contributed by atoms with Gasteiger partial charge in [0.15, 0.2) is 0 Å². The maximum Gasteiger partial charge on any atom is 0.236 e. The Morgan fingerprint density at radius 3 is 2.53 bits per heavy atom. The number of anilines is 1. The predicted octanol–water partition coefficient (Wildman–Crippen LogP) is 1.04. The Bertz CT molecular complexity index is 451. The molecule has 0 spiro atoms. The van der Waals surface area contributed by atoms with Crippen LogP contribution in [0.25, 0.3) is 0 Å². The number of carbonyl (C=O) groups is 1. The van der Waals surface area contributed by atoms with Gasteiger partial charge in [-0.2, -0.15) is 0 Å². The Kier molecular flexibility index (Phi) is 1.97.